The molecule has 1 aliphatic rings. The fourth-order valence-corrected chi connectivity index (χ4v) is 1.88. The zero-order valence-electron chi connectivity index (χ0n) is 8.08. The number of hydrogen-bond donors (Lipinski definition) is 2. The molecule has 1 heterocycles. The van der Waals surface area contributed by atoms with Crippen LogP contribution < -0.4 is 5.32 Å². The minimum Gasteiger partial charge on any atom is -0.481 e. The van der Waals surface area contributed by atoms with Crippen molar-refractivity contribution in [1.29, 1.82) is 0 Å². The maximum Gasteiger partial charge on any atom is 0.312 e. The molecule has 0 bridgehead atoms. The predicted octanol–water partition coefficient (Wildman–Crippen LogP) is 1.27. The molecule has 0 radical (unpaired) electrons. The highest BCUT2D eigenvalue weighted by molar-refractivity contribution is 5.77. The van der Waals surface area contributed by atoms with Crippen molar-refractivity contribution in [3.63, 3.8) is 0 Å². The molecule has 1 aliphatic heterocycles. The number of aliphatic carboxylic acids is 1. The predicted molar refractivity (Wildman–Crippen MR) is 53.3 cm³/mol. The van der Waals surface area contributed by atoms with Gasteiger partial charge in [-0.05, 0) is 18.1 Å². The van der Waals surface area contributed by atoms with Gasteiger partial charge in [-0.25, -0.2) is 0 Å². The smallest absolute Gasteiger partial charge is 0.312 e. The Morgan fingerprint density at radius 2 is 2.36 bits per heavy atom. The van der Waals surface area contributed by atoms with E-state index < -0.39 is 11.9 Å². The highest BCUT2D eigenvalue weighted by atomic mass is 16.4. The van der Waals surface area contributed by atoms with Gasteiger partial charge in [0.2, 0.25) is 0 Å². The number of rotatable bonds is 1. The zero-order chi connectivity index (χ0) is 10.1. The second kappa shape index (κ2) is 3.42. The monoisotopic (exact) mass is 191 g/mol. The highest BCUT2D eigenvalue weighted by Gasteiger charge is 2.25. The van der Waals surface area contributed by atoms with Crippen LogP contribution in [0.3, 0.4) is 0 Å². The van der Waals surface area contributed by atoms with Gasteiger partial charge >= 0.3 is 5.97 Å². The van der Waals surface area contributed by atoms with Crippen LogP contribution in [-0.4, -0.2) is 17.6 Å². The lowest BCUT2D eigenvalue weighted by molar-refractivity contribution is -0.138. The Hall–Kier alpha value is -1.35. The van der Waals surface area contributed by atoms with Gasteiger partial charge in [-0.2, -0.15) is 0 Å². The van der Waals surface area contributed by atoms with Gasteiger partial charge in [-0.3, -0.25) is 4.79 Å². The molecular weight excluding hydrogens is 178 g/mol. The summed E-state index contributed by atoms with van der Waals surface area (Å²) in [6.45, 7) is 3.30. The normalized spacial score (nSPS) is 20.2. The fraction of sp³-hybridized carbons (Fsp3) is 0.364. The van der Waals surface area contributed by atoms with Gasteiger partial charge in [0.15, 0.2) is 0 Å². The first kappa shape index (κ1) is 9.21. The number of aryl methyl sites for hydroxylation is 1. The van der Waals surface area contributed by atoms with Crippen molar-refractivity contribution >= 4 is 5.97 Å². The standard InChI is InChI=1S/C11H13NO2/c1-7-2-3-8-5-12-6-10(11(13)14)9(8)4-7/h2-4,10,12H,5-6H2,1H3,(H,13,14). The topological polar surface area (TPSA) is 49.3 Å². The SMILES string of the molecule is Cc1ccc2c(c1)C(C(=O)O)CNC2. The first-order valence-corrected chi connectivity index (χ1v) is 4.71. The number of carboxylic acid groups (broad SMARTS) is 1. The Morgan fingerprint density at radius 1 is 1.57 bits per heavy atom. The van der Waals surface area contributed by atoms with E-state index in [1.165, 1.54) is 0 Å². The molecular formula is C11H13NO2. The third-order valence-electron chi connectivity index (χ3n) is 2.64. The lowest BCUT2D eigenvalue weighted by Crippen LogP contribution is -2.32. The van der Waals surface area contributed by atoms with Crippen molar-refractivity contribution in [2.75, 3.05) is 6.54 Å². The number of carboxylic acids is 1. The molecule has 3 heteroatoms. The molecule has 1 unspecified atom stereocenters. The number of carbonyl (C=O) groups is 1. The molecule has 0 amide bonds. The minimum atomic E-state index is -0.746. The highest BCUT2D eigenvalue weighted by Crippen LogP contribution is 2.25. The Morgan fingerprint density at radius 3 is 3.07 bits per heavy atom. The van der Waals surface area contributed by atoms with Crippen LogP contribution in [0.15, 0.2) is 18.2 Å². The third-order valence-corrected chi connectivity index (χ3v) is 2.64. The van der Waals surface area contributed by atoms with Crippen LogP contribution in [0.2, 0.25) is 0 Å². The van der Waals surface area contributed by atoms with Gasteiger partial charge in [0.25, 0.3) is 0 Å². The summed E-state index contributed by atoms with van der Waals surface area (Å²) < 4.78 is 0. The van der Waals surface area contributed by atoms with Gasteiger partial charge in [-0.15, -0.1) is 0 Å². The number of fused-ring (bicyclic) bond motifs is 1. The van der Waals surface area contributed by atoms with Crippen molar-refractivity contribution in [3.05, 3.63) is 34.9 Å². The van der Waals surface area contributed by atoms with Crippen LogP contribution in [0, 0.1) is 6.92 Å². The molecule has 74 valence electrons. The van der Waals surface area contributed by atoms with E-state index in [9.17, 15) is 4.79 Å². The summed E-state index contributed by atoms with van der Waals surface area (Å²) >= 11 is 0. The van der Waals surface area contributed by atoms with Crippen LogP contribution in [0.25, 0.3) is 0 Å². The van der Waals surface area contributed by atoms with Crippen LogP contribution in [0.4, 0.5) is 0 Å². The van der Waals surface area contributed by atoms with E-state index in [0.29, 0.717) is 6.54 Å². The average molecular weight is 191 g/mol. The van der Waals surface area contributed by atoms with E-state index in [1.54, 1.807) is 0 Å². The molecule has 3 nitrogen and oxygen atoms in total. The molecule has 0 spiro atoms. The molecule has 1 aromatic rings. The number of benzene rings is 1. The summed E-state index contributed by atoms with van der Waals surface area (Å²) in [5, 5.41) is 12.1. The van der Waals surface area contributed by atoms with E-state index in [-0.39, 0.29) is 0 Å². The van der Waals surface area contributed by atoms with Crippen molar-refractivity contribution in [3.8, 4) is 0 Å². The van der Waals surface area contributed by atoms with E-state index in [4.69, 9.17) is 5.11 Å². The molecule has 0 saturated carbocycles. The second-order valence-corrected chi connectivity index (χ2v) is 3.72. The summed E-state index contributed by atoms with van der Waals surface area (Å²) in [4.78, 5) is 11.0. The maximum atomic E-state index is 11.0. The zero-order valence-corrected chi connectivity index (χ0v) is 8.08. The molecule has 1 atom stereocenters. The van der Waals surface area contributed by atoms with Gasteiger partial charge in [0.05, 0.1) is 5.92 Å². The lowest BCUT2D eigenvalue weighted by atomic mass is 9.90. The summed E-state index contributed by atoms with van der Waals surface area (Å²) in [7, 11) is 0. The maximum absolute atomic E-state index is 11.0. The molecule has 0 aromatic heterocycles. The summed E-state index contributed by atoms with van der Waals surface area (Å²) in [5.41, 5.74) is 3.20. The molecule has 2 N–H and O–H groups in total. The summed E-state index contributed by atoms with van der Waals surface area (Å²) in [6.07, 6.45) is 0. The van der Waals surface area contributed by atoms with E-state index >= 15 is 0 Å². The number of nitrogens with one attached hydrogen (secondary N) is 1. The van der Waals surface area contributed by atoms with Crippen LogP contribution >= 0.6 is 0 Å². The Labute approximate surface area is 82.8 Å². The first-order chi connectivity index (χ1) is 6.68. The van der Waals surface area contributed by atoms with E-state index in [1.807, 2.05) is 25.1 Å². The summed E-state index contributed by atoms with van der Waals surface area (Å²) in [6, 6.07) is 6.01. The molecule has 0 saturated heterocycles. The van der Waals surface area contributed by atoms with E-state index in [2.05, 4.69) is 5.32 Å². The average Bonchev–Trinajstić information content (AvgIpc) is 2.16. The third kappa shape index (κ3) is 1.51. The Balaban J connectivity index is 2.46. The molecule has 2 rings (SSSR count). The lowest BCUT2D eigenvalue weighted by Gasteiger charge is -2.23. The molecule has 1 aromatic carbocycles. The van der Waals surface area contributed by atoms with Crippen LogP contribution in [0.1, 0.15) is 22.6 Å². The molecule has 0 aliphatic carbocycles. The minimum absolute atomic E-state index is 0.390. The quantitative estimate of drug-likeness (QED) is 0.702. The first-order valence-electron chi connectivity index (χ1n) is 4.71. The fourth-order valence-electron chi connectivity index (χ4n) is 1.88. The second-order valence-electron chi connectivity index (χ2n) is 3.72. The summed E-state index contributed by atoms with van der Waals surface area (Å²) in [5.74, 6) is -1.14. The Kier molecular flexibility index (Phi) is 2.25. The van der Waals surface area contributed by atoms with Gasteiger partial charge < -0.3 is 10.4 Å². The molecule has 0 fully saturated rings. The van der Waals surface area contributed by atoms with Gasteiger partial charge in [-0.1, -0.05) is 23.8 Å². The van der Waals surface area contributed by atoms with Crippen LogP contribution in [0.5, 0.6) is 0 Å². The van der Waals surface area contributed by atoms with E-state index in [0.717, 1.165) is 23.2 Å². The van der Waals surface area contributed by atoms with Crippen molar-refractivity contribution in [2.45, 2.75) is 19.4 Å². The van der Waals surface area contributed by atoms with Crippen LogP contribution in [-0.2, 0) is 11.3 Å². The molecule has 14 heavy (non-hydrogen) atoms. The largest absolute Gasteiger partial charge is 0.481 e. The van der Waals surface area contributed by atoms with Gasteiger partial charge in [0.1, 0.15) is 0 Å². The Bertz CT molecular complexity index is 374. The van der Waals surface area contributed by atoms with Crippen molar-refractivity contribution in [1.82, 2.24) is 5.32 Å². The van der Waals surface area contributed by atoms with Gasteiger partial charge in [0, 0.05) is 13.1 Å². The van der Waals surface area contributed by atoms with Crippen molar-refractivity contribution < 1.29 is 9.90 Å². The van der Waals surface area contributed by atoms with Crippen molar-refractivity contribution in [2.24, 2.45) is 0 Å². The number of hydrogen-bond acceptors (Lipinski definition) is 2.